The van der Waals surface area contributed by atoms with Gasteiger partial charge in [0.25, 0.3) is 0 Å². The molecule has 4 heteroatoms. The van der Waals surface area contributed by atoms with Gasteiger partial charge >= 0.3 is 0 Å². The standard InChI is InChI=1S/C14H23NO3/c1-2-3-4-9-17-13-5-7-14(8-6-13)18-11-12(16)10-15/h5-8,12,16H,2-4,9-11,15H2,1H3. The van der Waals surface area contributed by atoms with E-state index in [1.807, 2.05) is 24.3 Å². The van der Waals surface area contributed by atoms with Gasteiger partial charge < -0.3 is 20.3 Å². The summed E-state index contributed by atoms with van der Waals surface area (Å²) in [6.07, 6.45) is 2.85. The first-order chi connectivity index (χ1) is 8.76. The van der Waals surface area contributed by atoms with Crippen LogP contribution in [0.2, 0.25) is 0 Å². The van der Waals surface area contributed by atoms with Crippen molar-refractivity contribution < 1.29 is 14.6 Å². The van der Waals surface area contributed by atoms with Crippen LogP contribution < -0.4 is 15.2 Å². The predicted molar refractivity (Wildman–Crippen MR) is 72.0 cm³/mol. The average Bonchev–Trinajstić information content (AvgIpc) is 2.42. The molecule has 0 bridgehead atoms. The summed E-state index contributed by atoms with van der Waals surface area (Å²) in [5.74, 6) is 1.56. The molecule has 0 spiro atoms. The first kappa shape index (κ1) is 14.8. The molecule has 18 heavy (non-hydrogen) atoms. The fraction of sp³-hybridized carbons (Fsp3) is 0.571. The second kappa shape index (κ2) is 8.78. The molecule has 0 heterocycles. The topological polar surface area (TPSA) is 64.7 Å². The first-order valence-electron chi connectivity index (χ1n) is 6.50. The molecular weight excluding hydrogens is 230 g/mol. The molecular formula is C14H23NO3. The molecule has 0 aliphatic rings. The van der Waals surface area contributed by atoms with E-state index >= 15 is 0 Å². The summed E-state index contributed by atoms with van der Waals surface area (Å²) in [5, 5.41) is 9.27. The summed E-state index contributed by atoms with van der Waals surface area (Å²) in [6.45, 7) is 3.34. The maximum Gasteiger partial charge on any atom is 0.119 e. The molecule has 0 saturated carbocycles. The zero-order valence-corrected chi connectivity index (χ0v) is 11.0. The Morgan fingerprint density at radius 2 is 1.72 bits per heavy atom. The SMILES string of the molecule is CCCCCOc1ccc(OCC(O)CN)cc1. The monoisotopic (exact) mass is 253 g/mol. The van der Waals surface area contributed by atoms with Crippen molar-refractivity contribution in [1.29, 1.82) is 0 Å². The molecule has 0 aliphatic carbocycles. The maximum atomic E-state index is 9.27. The van der Waals surface area contributed by atoms with Crippen LogP contribution in [-0.4, -0.2) is 31.0 Å². The molecule has 0 aliphatic heterocycles. The van der Waals surface area contributed by atoms with Gasteiger partial charge in [0, 0.05) is 6.54 Å². The van der Waals surface area contributed by atoms with Gasteiger partial charge in [0.2, 0.25) is 0 Å². The van der Waals surface area contributed by atoms with Crippen LogP contribution in [0.3, 0.4) is 0 Å². The summed E-state index contributed by atoms with van der Waals surface area (Å²) in [7, 11) is 0. The van der Waals surface area contributed by atoms with E-state index in [1.54, 1.807) is 0 Å². The van der Waals surface area contributed by atoms with E-state index in [9.17, 15) is 5.11 Å². The molecule has 0 saturated heterocycles. The van der Waals surface area contributed by atoms with E-state index in [0.29, 0.717) is 5.75 Å². The van der Waals surface area contributed by atoms with Crippen molar-refractivity contribution in [2.75, 3.05) is 19.8 Å². The number of rotatable bonds is 9. The van der Waals surface area contributed by atoms with Crippen LogP contribution in [0.1, 0.15) is 26.2 Å². The third-order valence-corrected chi connectivity index (χ3v) is 2.55. The summed E-state index contributed by atoms with van der Waals surface area (Å²) in [5.41, 5.74) is 5.29. The number of aliphatic hydroxyl groups excluding tert-OH is 1. The molecule has 0 radical (unpaired) electrons. The molecule has 1 unspecified atom stereocenters. The third kappa shape index (κ3) is 5.89. The van der Waals surface area contributed by atoms with Gasteiger partial charge in [-0.2, -0.15) is 0 Å². The molecule has 1 atom stereocenters. The zero-order valence-electron chi connectivity index (χ0n) is 11.0. The normalized spacial score (nSPS) is 12.2. The van der Waals surface area contributed by atoms with Crippen LogP contribution >= 0.6 is 0 Å². The molecule has 1 aromatic rings. The Hall–Kier alpha value is -1.26. The number of ether oxygens (including phenoxy) is 2. The Morgan fingerprint density at radius 1 is 1.11 bits per heavy atom. The summed E-state index contributed by atoms with van der Waals surface area (Å²) in [4.78, 5) is 0. The highest BCUT2D eigenvalue weighted by atomic mass is 16.5. The highest BCUT2D eigenvalue weighted by Gasteiger charge is 2.02. The Kier molecular flexibility index (Phi) is 7.22. The molecule has 0 amide bonds. The Morgan fingerprint density at radius 3 is 2.28 bits per heavy atom. The van der Waals surface area contributed by atoms with Crippen molar-refractivity contribution in [2.24, 2.45) is 5.73 Å². The van der Waals surface area contributed by atoms with Crippen molar-refractivity contribution in [2.45, 2.75) is 32.3 Å². The summed E-state index contributed by atoms with van der Waals surface area (Å²) >= 11 is 0. The lowest BCUT2D eigenvalue weighted by molar-refractivity contribution is 0.114. The fourth-order valence-corrected chi connectivity index (χ4v) is 1.43. The Labute approximate surface area is 109 Å². The van der Waals surface area contributed by atoms with E-state index in [2.05, 4.69) is 6.92 Å². The second-order valence-electron chi connectivity index (χ2n) is 4.23. The van der Waals surface area contributed by atoms with Gasteiger partial charge in [-0.15, -0.1) is 0 Å². The Bertz CT molecular complexity index is 313. The number of hydrogen-bond donors (Lipinski definition) is 2. The molecule has 102 valence electrons. The van der Waals surface area contributed by atoms with Crippen LogP contribution in [0.5, 0.6) is 11.5 Å². The number of nitrogens with two attached hydrogens (primary N) is 1. The third-order valence-electron chi connectivity index (χ3n) is 2.55. The summed E-state index contributed by atoms with van der Waals surface area (Å²) in [6, 6.07) is 7.41. The lowest BCUT2D eigenvalue weighted by Gasteiger charge is -2.11. The lowest BCUT2D eigenvalue weighted by Crippen LogP contribution is -2.26. The van der Waals surface area contributed by atoms with E-state index < -0.39 is 6.10 Å². The predicted octanol–water partition coefficient (Wildman–Crippen LogP) is 1.95. The van der Waals surface area contributed by atoms with Gasteiger partial charge in [0.15, 0.2) is 0 Å². The molecule has 3 N–H and O–H groups in total. The summed E-state index contributed by atoms with van der Waals surface area (Å²) < 4.78 is 11.0. The molecule has 4 nitrogen and oxygen atoms in total. The van der Waals surface area contributed by atoms with Crippen LogP contribution in [0.15, 0.2) is 24.3 Å². The number of unbranched alkanes of at least 4 members (excludes halogenated alkanes) is 2. The fourth-order valence-electron chi connectivity index (χ4n) is 1.43. The highest BCUT2D eigenvalue weighted by Crippen LogP contribution is 2.18. The van der Waals surface area contributed by atoms with Crippen molar-refractivity contribution >= 4 is 0 Å². The van der Waals surface area contributed by atoms with Crippen LogP contribution in [0.4, 0.5) is 0 Å². The number of hydrogen-bond acceptors (Lipinski definition) is 4. The van der Waals surface area contributed by atoms with E-state index in [0.717, 1.165) is 18.8 Å². The van der Waals surface area contributed by atoms with Gasteiger partial charge in [-0.05, 0) is 30.7 Å². The van der Waals surface area contributed by atoms with Crippen LogP contribution in [-0.2, 0) is 0 Å². The smallest absolute Gasteiger partial charge is 0.119 e. The highest BCUT2D eigenvalue weighted by molar-refractivity contribution is 5.31. The van der Waals surface area contributed by atoms with Crippen LogP contribution in [0.25, 0.3) is 0 Å². The van der Waals surface area contributed by atoms with E-state index in [4.69, 9.17) is 15.2 Å². The van der Waals surface area contributed by atoms with Crippen LogP contribution in [0, 0.1) is 0 Å². The maximum absolute atomic E-state index is 9.27. The van der Waals surface area contributed by atoms with Gasteiger partial charge in [-0.25, -0.2) is 0 Å². The van der Waals surface area contributed by atoms with E-state index in [-0.39, 0.29) is 13.2 Å². The number of aliphatic hydroxyl groups is 1. The molecule has 1 aromatic carbocycles. The van der Waals surface area contributed by atoms with Gasteiger partial charge in [0.1, 0.15) is 24.2 Å². The van der Waals surface area contributed by atoms with Gasteiger partial charge in [-0.3, -0.25) is 0 Å². The largest absolute Gasteiger partial charge is 0.494 e. The minimum Gasteiger partial charge on any atom is -0.494 e. The average molecular weight is 253 g/mol. The van der Waals surface area contributed by atoms with Gasteiger partial charge in [-0.1, -0.05) is 19.8 Å². The van der Waals surface area contributed by atoms with E-state index in [1.165, 1.54) is 12.8 Å². The molecule has 1 rings (SSSR count). The first-order valence-corrected chi connectivity index (χ1v) is 6.50. The Balaban J connectivity index is 2.28. The quantitative estimate of drug-likeness (QED) is 0.660. The minimum atomic E-state index is -0.616. The zero-order chi connectivity index (χ0) is 13.2. The molecule has 0 aromatic heterocycles. The van der Waals surface area contributed by atoms with Crippen molar-refractivity contribution in [3.05, 3.63) is 24.3 Å². The minimum absolute atomic E-state index is 0.207. The van der Waals surface area contributed by atoms with Crippen molar-refractivity contribution in [1.82, 2.24) is 0 Å². The van der Waals surface area contributed by atoms with Crippen molar-refractivity contribution in [3.8, 4) is 11.5 Å². The van der Waals surface area contributed by atoms with Gasteiger partial charge in [0.05, 0.1) is 6.61 Å². The molecule has 0 fully saturated rings. The lowest BCUT2D eigenvalue weighted by atomic mass is 10.3. The second-order valence-corrected chi connectivity index (χ2v) is 4.23. The van der Waals surface area contributed by atoms with Crippen molar-refractivity contribution in [3.63, 3.8) is 0 Å². The number of benzene rings is 1.